The molecule has 1 amide bonds. The molecule has 2 aromatic heterocycles. The van der Waals surface area contributed by atoms with Crippen LogP contribution in [0.2, 0.25) is 0 Å². The average Bonchev–Trinajstić information content (AvgIpc) is 2.75. The summed E-state index contributed by atoms with van der Waals surface area (Å²) in [6.45, 7) is 8.18. The third-order valence-corrected chi connectivity index (χ3v) is 5.93. The largest absolute Gasteiger partial charge is 0.342 e. The number of aromatic nitrogens is 3. The van der Waals surface area contributed by atoms with Crippen LogP contribution in [-0.4, -0.2) is 81.4 Å². The fourth-order valence-corrected chi connectivity index (χ4v) is 4.14. The van der Waals surface area contributed by atoms with Crippen molar-refractivity contribution in [2.45, 2.75) is 32.7 Å². The van der Waals surface area contributed by atoms with Crippen LogP contribution in [0.3, 0.4) is 0 Å². The lowest BCUT2D eigenvalue weighted by molar-refractivity contribution is -0.133. The van der Waals surface area contributed by atoms with Gasteiger partial charge in [-0.15, -0.1) is 0 Å². The molecule has 3 heterocycles. The Morgan fingerprint density at radius 2 is 1.90 bits per heavy atom. The Labute approximate surface area is 183 Å². The van der Waals surface area contributed by atoms with E-state index >= 15 is 0 Å². The number of aryl methyl sites for hydroxylation is 2. The number of hydrogen-bond donors (Lipinski definition) is 1. The molecular formula is C22H32N6OS. The topological polar surface area (TPSA) is 74.2 Å². The molecule has 1 saturated heterocycles. The maximum atomic E-state index is 13.2. The first-order valence-electron chi connectivity index (χ1n) is 10.5. The predicted molar refractivity (Wildman–Crippen MR) is 123 cm³/mol. The highest BCUT2D eigenvalue weighted by Crippen LogP contribution is 2.13. The van der Waals surface area contributed by atoms with Gasteiger partial charge in [-0.2, -0.15) is 11.8 Å². The summed E-state index contributed by atoms with van der Waals surface area (Å²) in [4.78, 5) is 30.9. The van der Waals surface area contributed by atoms with Gasteiger partial charge in [0, 0.05) is 62.4 Å². The fraction of sp³-hybridized carbons (Fsp3) is 0.545. The third-order valence-electron chi connectivity index (χ3n) is 5.29. The lowest BCUT2D eigenvalue weighted by Crippen LogP contribution is -2.53. The van der Waals surface area contributed by atoms with Gasteiger partial charge in [-0.1, -0.05) is 6.07 Å². The number of nitrogens with one attached hydrogen (secondary N) is 1. The van der Waals surface area contributed by atoms with Crippen LogP contribution in [0.15, 0.2) is 30.5 Å². The molecule has 7 nitrogen and oxygen atoms in total. The zero-order valence-electron chi connectivity index (χ0n) is 18.2. The summed E-state index contributed by atoms with van der Waals surface area (Å²) in [6.07, 6.45) is 5.61. The van der Waals surface area contributed by atoms with Gasteiger partial charge in [0.05, 0.1) is 0 Å². The van der Waals surface area contributed by atoms with Crippen LogP contribution in [0.5, 0.6) is 0 Å². The van der Waals surface area contributed by atoms with Crippen molar-refractivity contribution in [3.8, 4) is 0 Å². The van der Waals surface area contributed by atoms with Crippen molar-refractivity contribution in [2.75, 3.05) is 50.0 Å². The van der Waals surface area contributed by atoms with Crippen molar-refractivity contribution in [1.29, 1.82) is 0 Å². The molecule has 0 saturated carbocycles. The summed E-state index contributed by atoms with van der Waals surface area (Å²) in [7, 11) is 0. The first kappa shape index (κ1) is 22.5. The van der Waals surface area contributed by atoms with Crippen molar-refractivity contribution in [3.05, 3.63) is 47.5 Å². The lowest BCUT2D eigenvalue weighted by atomic mass is 10.1. The van der Waals surface area contributed by atoms with Gasteiger partial charge < -0.3 is 10.2 Å². The number of anilines is 1. The molecule has 1 atom stereocenters. The molecular weight excluding hydrogens is 396 g/mol. The zero-order chi connectivity index (χ0) is 21.3. The highest BCUT2D eigenvalue weighted by molar-refractivity contribution is 7.98. The standard InChI is InChI=1S/C22H32N6OS/c1-17-16-18(2)25-22(24-17)26-20(8-15-30-3)21(29)28-13-11-27(12-14-28)10-7-19-6-4-5-9-23-19/h4-6,9,16,20H,7-8,10-15H2,1-3H3,(H,24,25,26)/t20-/m0/s1. The summed E-state index contributed by atoms with van der Waals surface area (Å²) in [6, 6.07) is 7.68. The van der Waals surface area contributed by atoms with Gasteiger partial charge in [0.2, 0.25) is 11.9 Å². The van der Waals surface area contributed by atoms with Crippen LogP contribution >= 0.6 is 11.8 Å². The number of thioether (sulfide) groups is 1. The molecule has 30 heavy (non-hydrogen) atoms. The monoisotopic (exact) mass is 428 g/mol. The van der Waals surface area contributed by atoms with Crippen LogP contribution < -0.4 is 5.32 Å². The highest BCUT2D eigenvalue weighted by Gasteiger charge is 2.27. The molecule has 8 heteroatoms. The van der Waals surface area contributed by atoms with Gasteiger partial charge in [0.25, 0.3) is 0 Å². The second-order valence-corrected chi connectivity index (χ2v) is 8.68. The summed E-state index contributed by atoms with van der Waals surface area (Å²) in [5, 5.41) is 3.30. The Kier molecular flexibility index (Phi) is 8.45. The van der Waals surface area contributed by atoms with Crippen molar-refractivity contribution >= 4 is 23.6 Å². The molecule has 162 valence electrons. The zero-order valence-corrected chi connectivity index (χ0v) is 19.0. The first-order valence-corrected chi connectivity index (χ1v) is 11.9. The van der Waals surface area contributed by atoms with Gasteiger partial charge in [-0.25, -0.2) is 9.97 Å². The maximum Gasteiger partial charge on any atom is 0.245 e. The normalized spacial score (nSPS) is 15.8. The van der Waals surface area contributed by atoms with E-state index in [1.165, 1.54) is 0 Å². The van der Waals surface area contributed by atoms with E-state index in [1.54, 1.807) is 11.8 Å². The summed E-state index contributed by atoms with van der Waals surface area (Å²) in [5.74, 6) is 1.61. The van der Waals surface area contributed by atoms with Crippen LogP contribution in [0.25, 0.3) is 0 Å². The number of carbonyl (C=O) groups is 1. The smallest absolute Gasteiger partial charge is 0.245 e. The van der Waals surface area contributed by atoms with E-state index in [0.29, 0.717) is 5.95 Å². The van der Waals surface area contributed by atoms with E-state index < -0.39 is 0 Å². The molecule has 0 bridgehead atoms. The van der Waals surface area contributed by atoms with Gasteiger partial charge >= 0.3 is 0 Å². The van der Waals surface area contributed by atoms with E-state index in [4.69, 9.17) is 0 Å². The van der Waals surface area contributed by atoms with E-state index in [-0.39, 0.29) is 11.9 Å². The van der Waals surface area contributed by atoms with Crippen molar-refractivity contribution in [1.82, 2.24) is 24.8 Å². The number of amides is 1. The molecule has 0 unspecified atom stereocenters. The van der Waals surface area contributed by atoms with Crippen molar-refractivity contribution in [2.24, 2.45) is 0 Å². The highest BCUT2D eigenvalue weighted by atomic mass is 32.2. The Bertz CT molecular complexity index is 790. The molecule has 1 N–H and O–H groups in total. The van der Waals surface area contributed by atoms with Crippen LogP contribution in [0, 0.1) is 13.8 Å². The molecule has 2 aromatic rings. The number of carbonyl (C=O) groups excluding carboxylic acids is 1. The van der Waals surface area contributed by atoms with E-state index in [2.05, 4.69) is 37.5 Å². The SMILES string of the molecule is CSCC[C@H](Nc1nc(C)cc(C)n1)C(=O)N1CCN(CCc2ccccn2)CC1. The van der Waals surface area contributed by atoms with Gasteiger partial charge in [0.1, 0.15) is 6.04 Å². The van der Waals surface area contributed by atoms with E-state index in [1.807, 2.05) is 43.1 Å². The Morgan fingerprint density at radius 3 is 2.53 bits per heavy atom. The number of piperazine rings is 1. The number of hydrogen-bond acceptors (Lipinski definition) is 7. The number of pyridine rings is 1. The van der Waals surface area contributed by atoms with Gasteiger partial charge in [-0.3, -0.25) is 14.7 Å². The molecule has 1 fully saturated rings. The minimum Gasteiger partial charge on any atom is -0.342 e. The molecule has 1 aliphatic heterocycles. The number of rotatable bonds is 9. The van der Waals surface area contributed by atoms with Crippen LogP contribution in [0.1, 0.15) is 23.5 Å². The predicted octanol–water partition coefficient (Wildman–Crippen LogP) is 2.41. The molecule has 0 aromatic carbocycles. The molecule has 3 rings (SSSR count). The molecule has 1 aliphatic rings. The Morgan fingerprint density at radius 1 is 1.17 bits per heavy atom. The third kappa shape index (κ3) is 6.67. The molecule has 0 spiro atoms. The average molecular weight is 429 g/mol. The van der Waals surface area contributed by atoms with Crippen LogP contribution in [0.4, 0.5) is 5.95 Å². The van der Waals surface area contributed by atoms with E-state index in [0.717, 1.165) is 68.4 Å². The van der Waals surface area contributed by atoms with Crippen molar-refractivity contribution < 1.29 is 4.79 Å². The van der Waals surface area contributed by atoms with Gasteiger partial charge in [-0.05, 0) is 50.5 Å². The number of nitrogens with zero attached hydrogens (tertiary/aromatic N) is 5. The first-order chi connectivity index (χ1) is 14.5. The summed E-state index contributed by atoms with van der Waals surface area (Å²) < 4.78 is 0. The lowest BCUT2D eigenvalue weighted by Gasteiger charge is -2.36. The minimum atomic E-state index is -0.293. The summed E-state index contributed by atoms with van der Waals surface area (Å²) >= 11 is 1.75. The second kappa shape index (κ2) is 11.3. The second-order valence-electron chi connectivity index (χ2n) is 7.69. The molecule has 0 aliphatic carbocycles. The minimum absolute atomic E-state index is 0.149. The van der Waals surface area contributed by atoms with Crippen LogP contribution in [-0.2, 0) is 11.2 Å². The quantitative estimate of drug-likeness (QED) is 0.657. The van der Waals surface area contributed by atoms with Crippen molar-refractivity contribution in [3.63, 3.8) is 0 Å². The maximum absolute atomic E-state index is 13.2. The van der Waals surface area contributed by atoms with Gasteiger partial charge in [0.15, 0.2) is 0 Å². The molecule has 0 radical (unpaired) electrons. The van der Waals surface area contributed by atoms with E-state index in [9.17, 15) is 4.79 Å². The Balaban J connectivity index is 1.54. The Hall–Kier alpha value is -2.19. The summed E-state index contributed by atoms with van der Waals surface area (Å²) in [5.41, 5.74) is 2.93. The fourth-order valence-electron chi connectivity index (χ4n) is 3.67.